The fourth-order valence-corrected chi connectivity index (χ4v) is 2.21. The van der Waals surface area contributed by atoms with Crippen molar-refractivity contribution < 1.29 is 9.53 Å². The standard InChI is InChI=1S/C15H16N2O2S/c1-3-10-6-7-16-9-12(10)15(18)17-11-4-5-13(19-2)14(20)8-11/h4-9,20H,3H2,1-2H3,(H,17,18). The van der Waals surface area contributed by atoms with Crippen molar-refractivity contribution in [3.63, 3.8) is 0 Å². The van der Waals surface area contributed by atoms with Gasteiger partial charge in [0.1, 0.15) is 5.75 Å². The summed E-state index contributed by atoms with van der Waals surface area (Å²) in [5.74, 6) is 0.495. The molecule has 0 atom stereocenters. The quantitative estimate of drug-likeness (QED) is 0.850. The third-order valence-electron chi connectivity index (χ3n) is 2.97. The summed E-state index contributed by atoms with van der Waals surface area (Å²) >= 11 is 4.31. The number of hydrogen-bond acceptors (Lipinski definition) is 4. The molecule has 0 saturated heterocycles. The first-order valence-electron chi connectivity index (χ1n) is 6.27. The number of carbonyl (C=O) groups is 1. The number of carbonyl (C=O) groups excluding carboxylic acids is 1. The van der Waals surface area contributed by atoms with Crippen LogP contribution in [-0.2, 0) is 6.42 Å². The highest BCUT2D eigenvalue weighted by Gasteiger charge is 2.11. The average Bonchev–Trinajstić information content (AvgIpc) is 2.47. The Kier molecular flexibility index (Phi) is 4.63. The molecule has 2 aromatic rings. The van der Waals surface area contributed by atoms with Crippen LogP contribution in [0.15, 0.2) is 41.6 Å². The lowest BCUT2D eigenvalue weighted by Gasteiger charge is -2.10. The fourth-order valence-electron chi connectivity index (χ4n) is 1.90. The highest BCUT2D eigenvalue weighted by atomic mass is 32.1. The number of pyridine rings is 1. The van der Waals surface area contributed by atoms with Crippen molar-refractivity contribution in [3.05, 3.63) is 47.8 Å². The minimum Gasteiger partial charge on any atom is -0.496 e. The largest absolute Gasteiger partial charge is 0.496 e. The molecule has 0 aliphatic heterocycles. The van der Waals surface area contributed by atoms with Crippen LogP contribution < -0.4 is 10.1 Å². The van der Waals surface area contributed by atoms with Crippen LogP contribution in [0.5, 0.6) is 5.75 Å². The lowest BCUT2D eigenvalue weighted by Crippen LogP contribution is -2.14. The Bertz CT molecular complexity index is 629. The minimum atomic E-state index is -0.173. The van der Waals surface area contributed by atoms with E-state index in [0.717, 1.165) is 12.0 Å². The molecule has 0 saturated carbocycles. The van der Waals surface area contributed by atoms with Crippen molar-refractivity contribution in [1.29, 1.82) is 0 Å². The van der Waals surface area contributed by atoms with Gasteiger partial charge in [-0.25, -0.2) is 0 Å². The zero-order valence-electron chi connectivity index (χ0n) is 11.4. The third-order valence-corrected chi connectivity index (χ3v) is 3.32. The first-order chi connectivity index (χ1) is 9.65. The van der Waals surface area contributed by atoms with Gasteiger partial charge < -0.3 is 10.1 Å². The molecule has 0 unspecified atom stereocenters. The molecule has 1 aromatic carbocycles. The molecule has 0 aliphatic rings. The van der Waals surface area contributed by atoms with Gasteiger partial charge in [-0.2, -0.15) is 0 Å². The van der Waals surface area contributed by atoms with Crippen LogP contribution in [0.25, 0.3) is 0 Å². The molecule has 5 heteroatoms. The van der Waals surface area contributed by atoms with E-state index in [1.807, 2.05) is 13.0 Å². The third kappa shape index (κ3) is 3.11. The molecule has 1 amide bonds. The lowest BCUT2D eigenvalue weighted by molar-refractivity contribution is 0.102. The number of amides is 1. The van der Waals surface area contributed by atoms with Gasteiger partial charge in [-0.1, -0.05) is 6.92 Å². The van der Waals surface area contributed by atoms with E-state index in [9.17, 15) is 4.79 Å². The maximum absolute atomic E-state index is 12.3. The summed E-state index contributed by atoms with van der Waals surface area (Å²) in [7, 11) is 1.58. The number of nitrogens with zero attached hydrogens (tertiary/aromatic N) is 1. The summed E-state index contributed by atoms with van der Waals surface area (Å²) in [6.07, 6.45) is 4.06. The minimum absolute atomic E-state index is 0.173. The Morgan fingerprint density at radius 3 is 2.85 bits per heavy atom. The van der Waals surface area contributed by atoms with E-state index in [4.69, 9.17) is 4.74 Å². The molecular formula is C15H16N2O2S. The number of aryl methyl sites for hydroxylation is 1. The molecule has 4 nitrogen and oxygen atoms in total. The summed E-state index contributed by atoms with van der Waals surface area (Å²) in [6.45, 7) is 2.01. The predicted octanol–water partition coefficient (Wildman–Crippen LogP) is 3.19. The topological polar surface area (TPSA) is 51.2 Å². The van der Waals surface area contributed by atoms with Crippen LogP contribution in [0.3, 0.4) is 0 Å². The fraction of sp³-hybridized carbons (Fsp3) is 0.200. The van der Waals surface area contributed by atoms with Gasteiger partial charge in [0.2, 0.25) is 0 Å². The summed E-state index contributed by atoms with van der Waals surface area (Å²) in [5.41, 5.74) is 2.23. The van der Waals surface area contributed by atoms with Gasteiger partial charge in [-0.05, 0) is 36.2 Å². The summed E-state index contributed by atoms with van der Waals surface area (Å²) in [5, 5.41) is 2.84. The number of aromatic nitrogens is 1. The molecule has 0 bridgehead atoms. The normalized spacial score (nSPS) is 10.2. The lowest BCUT2D eigenvalue weighted by atomic mass is 10.1. The number of methoxy groups -OCH3 is 1. The molecule has 104 valence electrons. The van der Waals surface area contributed by atoms with Gasteiger partial charge in [-0.3, -0.25) is 9.78 Å². The number of anilines is 1. The maximum Gasteiger partial charge on any atom is 0.257 e. The molecule has 1 aromatic heterocycles. The Morgan fingerprint density at radius 2 is 2.20 bits per heavy atom. The molecule has 1 N–H and O–H groups in total. The Morgan fingerprint density at radius 1 is 1.40 bits per heavy atom. The van der Waals surface area contributed by atoms with Crippen molar-refractivity contribution in [3.8, 4) is 5.75 Å². The second-order valence-corrected chi connectivity index (χ2v) is 4.71. The van der Waals surface area contributed by atoms with Crippen molar-refractivity contribution in [2.45, 2.75) is 18.2 Å². The molecular weight excluding hydrogens is 272 g/mol. The first-order valence-corrected chi connectivity index (χ1v) is 6.71. The number of ether oxygens (including phenoxy) is 1. The van der Waals surface area contributed by atoms with Gasteiger partial charge >= 0.3 is 0 Å². The average molecular weight is 288 g/mol. The molecule has 0 radical (unpaired) electrons. The molecule has 0 aliphatic carbocycles. The summed E-state index contributed by atoms with van der Waals surface area (Å²) < 4.78 is 5.13. The molecule has 1 heterocycles. The summed E-state index contributed by atoms with van der Waals surface area (Å²) in [6, 6.07) is 7.15. The zero-order valence-corrected chi connectivity index (χ0v) is 12.3. The SMILES string of the molecule is CCc1ccncc1C(=O)Nc1ccc(OC)c(S)c1. The number of nitrogens with one attached hydrogen (secondary N) is 1. The van der Waals surface area contributed by atoms with E-state index >= 15 is 0 Å². The molecule has 0 fully saturated rings. The molecule has 0 spiro atoms. The number of benzene rings is 1. The number of rotatable bonds is 4. The Balaban J connectivity index is 2.21. The zero-order chi connectivity index (χ0) is 14.5. The van der Waals surface area contributed by atoms with Crippen LogP contribution in [-0.4, -0.2) is 18.0 Å². The van der Waals surface area contributed by atoms with Gasteiger partial charge in [0.15, 0.2) is 0 Å². The van der Waals surface area contributed by atoms with Gasteiger partial charge in [-0.15, -0.1) is 12.6 Å². The van der Waals surface area contributed by atoms with Crippen LogP contribution in [0.4, 0.5) is 5.69 Å². The van der Waals surface area contributed by atoms with E-state index < -0.39 is 0 Å². The maximum atomic E-state index is 12.3. The van der Waals surface area contributed by atoms with E-state index in [0.29, 0.717) is 21.9 Å². The van der Waals surface area contributed by atoms with Crippen molar-refractivity contribution in [1.82, 2.24) is 4.98 Å². The van der Waals surface area contributed by atoms with Gasteiger partial charge in [0.25, 0.3) is 5.91 Å². The highest BCUT2D eigenvalue weighted by Crippen LogP contribution is 2.26. The van der Waals surface area contributed by atoms with E-state index in [1.165, 1.54) is 0 Å². The van der Waals surface area contributed by atoms with Crippen molar-refractivity contribution >= 4 is 24.2 Å². The Hall–Kier alpha value is -2.01. The molecule has 20 heavy (non-hydrogen) atoms. The van der Waals surface area contributed by atoms with Gasteiger partial charge in [0.05, 0.1) is 12.7 Å². The monoisotopic (exact) mass is 288 g/mol. The second-order valence-electron chi connectivity index (χ2n) is 4.23. The van der Waals surface area contributed by atoms with E-state index in [2.05, 4.69) is 22.9 Å². The second kappa shape index (κ2) is 6.43. The highest BCUT2D eigenvalue weighted by molar-refractivity contribution is 7.80. The van der Waals surface area contributed by atoms with Crippen LogP contribution in [0, 0.1) is 0 Å². The predicted molar refractivity (Wildman–Crippen MR) is 81.8 cm³/mol. The van der Waals surface area contributed by atoms with Crippen LogP contribution in [0.1, 0.15) is 22.8 Å². The number of hydrogen-bond donors (Lipinski definition) is 2. The van der Waals surface area contributed by atoms with Gasteiger partial charge in [0, 0.05) is 23.0 Å². The van der Waals surface area contributed by atoms with Crippen molar-refractivity contribution in [2.75, 3.05) is 12.4 Å². The van der Waals surface area contributed by atoms with Crippen LogP contribution in [0.2, 0.25) is 0 Å². The molecule has 2 rings (SSSR count). The Labute approximate surface area is 123 Å². The van der Waals surface area contributed by atoms with Crippen LogP contribution >= 0.6 is 12.6 Å². The van der Waals surface area contributed by atoms with Crippen molar-refractivity contribution in [2.24, 2.45) is 0 Å². The summed E-state index contributed by atoms with van der Waals surface area (Å²) in [4.78, 5) is 16.9. The first kappa shape index (κ1) is 14.4. The number of thiol groups is 1. The van der Waals surface area contributed by atoms with E-state index in [1.54, 1.807) is 37.7 Å². The van der Waals surface area contributed by atoms with E-state index in [-0.39, 0.29) is 5.91 Å². The smallest absolute Gasteiger partial charge is 0.257 e.